The molecule has 0 atom stereocenters. The van der Waals surface area contributed by atoms with Gasteiger partial charge in [0.05, 0.1) is 31.8 Å². The third-order valence-electron chi connectivity index (χ3n) is 8.24. The number of hydrogen-bond acceptors (Lipinski definition) is 5. The number of ether oxygens (including phenoxy) is 5. The minimum atomic E-state index is -4.74. The van der Waals surface area contributed by atoms with E-state index in [1.165, 1.54) is 0 Å². The van der Waals surface area contributed by atoms with Gasteiger partial charge in [-0.3, -0.25) is 0 Å². The van der Waals surface area contributed by atoms with Crippen LogP contribution < -0.4 is 9.47 Å². The average molecular weight is 641 g/mol. The Balaban J connectivity index is 1.22. The molecule has 0 unspecified atom stereocenters. The minimum Gasteiger partial charge on any atom is -0.432 e. The van der Waals surface area contributed by atoms with Crippen LogP contribution in [0.15, 0.2) is 42.5 Å². The van der Waals surface area contributed by atoms with Crippen molar-refractivity contribution in [1.82, 2.24) is 0 Å². The Morgan fingerprint density at radius 3 is 1.98 bits per heavy atom. The first-order chi connectivity index (χ1) is 20.7. The molecule has 3 aliphatic heterocycles. The first kappa shape index (κ1) is 32.4. The smallest absolute Gasteiger partial charge is 0.425 e. The van der Waals surface area contributed by atoms with E-state index >= 15 is 8.78 Å². The molecule has 2 aromatic rings. The van der Waals surface area contributed by atoms with Crippen LogP contribution in [0.5, 0.6) is 11.5 Å². The van der Waals surface area contributed by atoms with Crippen LogP contribution in [-0.2, 0) is 14.2 Å². The topological polar surface area (TPSA) is 46.2 Å². The predicted octanol–water partition coefficient (Wildman–Crippen LogP) is 8.82. The molecule has 0 amide bonds. The van der Waals surface area contributed by atoms with E-state index in [4.69, 9.17) is 18.9 Å². The van der Waals surface area contributed by atoms with Crippen molar-refractivity contribution in [1.29, 1.82) is 0 Å². The quantitative estimate of drug-likeness (QED) is 0.243. The third kappa shape index (κ3) is 6.66. The maximum Gasteiger partial charge on any atom is 0.425 e. The van der Waals surface area contributed by atoms with Gasteiger partial charge in [-0.15, -0.1) is 0 Å². The van der Waals surface area contributed by atoms with Gasteiger partial charge in [-0.2, -0.15) is 26.3 Å². The van der Waals surface area contributed by atoms with Crippen molar-refractivity contribution in [2.45, 2.75) is 63.6 Å². The number of halogens is 9. The number of benzene rings is 2. The predicted molar refractivity (Wildman–Crippen MR) is 137 cm³/mol. The fraction of sp³-hybridized carbons (Fsp3) is 0.533. The van der Waals surface area contributed by atoms with Gasteiger partial charge in [0, 0.05) is 23.0 Å². The molecule has 0 aromatic heterocycles. The van der Waals surface area contributed by atoms with Gasteiger partial charge in [0.25, 0.3) is 12.1 Å². The SMILES string of the molecule is CCCC12COC(C3CCC(C(F)(F)Oc4ccc(-c5cc(F)c(OC(F)(F)C=C(F)F)c(F)c5)c(F)c4)CC3)(OC1)OC2. The summed E-state index contributed by atoms with van der Waals surface area (Å²) in [5.41, 5.74) is -1.16. The molecule has 242 valence electrons. The van der Waals surface area contributed by atoms with Crippen molar-refractivity contribution in [3.8, 4) is 22.6 Å². The Kier molecular flexibility index (Phi) is 8.91. The van der Waals surface area contributed by atoms with Crippen LogP contribution >= 0.6 is 0 Å². The van der Waals surface area contributed by atoms with Gasteiger partial charge in [0.2, 0.25) is 0 Å². The van der Waals surface area contributed by atoms with E-state index in [-0.39, 0.29) is 24.2 Å². The summed E-state index contributed by atoms with van der Waals surface area (Å²) in [4.78, 5) is 0. The van der Waals surface area contributed by atoms with Crippen LogP contribution in [0, 0.1) is 34.7 Å². The second kappa shape index (κ2) is 12.1. The molecular formula is C30H29F9O5. The molecule has 3 saturated heterocycles. The standard InChI is InChI=1S/C30H29F9O5/c1-2-9-27-14-40-30(41-15-27,42-16-27)19-5-3-18(4-6-19)29(38,39)43-20-7-8-21(22(31)12-20)17-10-23(32)26(24(33)11-17)44-28(36,37)13-25(34)35/h7-8,10-13,18-19H,2-6,9,14-16H2,1H3. The van der Waals surface area contributed by atoms with Gasteiger partial charge in [-0.05, 0) is 61.9 Å². The fourth-order valence-corrected chi connectivity index (χ4v) is 6.03. The molecule has 2 aromatic carbocycles. The summed E-state index contributed by atoms with van der Waals surface area (Å²) < 4.78 is 152. The first-order valence-electron chi connectivity index (χ1n) is 14.0. The van der Waals surface area contributed by atoms with Crippen LogP contribution in [0.4, 0.5) is 39.5 Å². The van der Waals surface area contributed by atoms with Gasteiger partial charge in [0.1, 0.15) is 11.6 Å². The molecule has 2 bridgehead atoms. The molecule has 1 aliphatic carbocycles. The van der Waals surface area contributed by atoms with Crippen LogP contribution in [0.3, 0.4) is 0 Å². The average Bonchev–Trinajstić information content (AvgIpc) is 2.95. The molecule has 6 rings (SSSR count). The van der Waals surface area contributed by atoms with Gasteiger partial charge in [-0.1, -0.05) is 13.3 Å². The summed E-state index contributed by atoms with van der Waals surface area (Å²) >= 11 is 0. The highest BCUT2D eigenvalue weighted by molar-refractivity contribution is 5.66. The molecular weight excluding hydrogens is 611 g/mol. The lowest BCUT2D eigenvalue weighted by Crippen LogP contribution is -2.63. The summed E-state index contributed by atoms with van der Waals surface area (Å²) in [5, 5.41) is 0. The fourth-order valence-electron chi connectivity index (χ4n) is 6.03. The summed E-state index contributed by atoms with van der Waals surface area (Å²) in [6.45, 7) is 3.50. The van der Waals surface area contributed by atoms with E-state index in [2.05, 4.69) is 11.7 Å². The zero-order chi connectivity index (χ0) is 31.9. The molecule has 0 N–H and O–H groups in total. The van der Waals surface area contributed by atoms with E-state index in [0.717, 1.165) is 25.0 Å². The van der Waals surface area contributed by atoms with E-state index in [1.54, 1.807) is 0 Å². The molecule has 4 aliphatic rings. The third-order valence-corrected chi connectivity index (χ3v) is 8.24. The molecule has 1 saturated carbocycles. The lowest BCUT2D eigenvalue weighted by molar-refractivity contribution is -0.489. The normalized spacial score (nSPS) is 27.2. The van der Waals surface area contributed by atoms with Crippen molar-refractivity contribution in [3.05, 3.63) is 59.9 Å². The van der Waals surface area contributed by atoms with Crippen molar-refractivity contribution in [2.75, 3.05) is 19.8 Å². The Morgan fingerprint density at radius 1 is 0.864 bits per heavy atom. The van der Waals surface area contributed by atoms with Crippen molar-refractivity contribution in [2.24, 2.45) is 17.3 Å². The Bertz CT molecular complexity index is 1340. The van der Waals surface area contributed by atoms with E-state index in [9.17, 15) is 30.7 Å². The van der Waals surface area contributed by atoms with Gasteiger partial charge < -0.3 is 23.7 Å². The zero-order valence-corrected chi connectivity index (χ0v) is 23.4. The summed E-state index contributed by atoms with van der Waals surface area (Å²) in [5.74, 6) is -9.63. The minimum absolute atomic E-state index is 0.0515. The second-order valence-electron chi connectivity index (χ2n) is 11.4. The zero-order valence-electron chi connectivity index (χ0n) is 23.4. The highest BCUT2D eigenvalue weighted by atomic mass is 19.3. The summed E-state index contributed by atoms with van der Waals surface area (Å²) in [7, 11) is 0. The number of rotatable bonds is 10. The Labute approximate surface area is 246 Å². The molecule has 14 heteroatoms. The highest BCUT2D eigenvalue weighted by Crippen LogP contribution is 2.50. The van der Waals surface area contributed by atoms with Gasteiger partial charge in [0.15, 0.2) is 17.4 Å². The molecule has 5 nitrogen and oxygen atoms in total. The monoisotopic (exact) mass is 640 g/mol. The lowest BCUT2D eigenvalue weighted by Gasteiger charge is -2.55. The van der Waals surface area contributed by atoms with Crippen molar-refractivity contribution >= 4 is 0 Å². The highest BCUT2D eigenvalue weighted by Gasteiger charge is 2.57. The van der Waals surface area contributed by atoms with Crippen LogP contribution in [-0.4, -0.2) is 38.0 Å². The largest absolute Gasteiger partial charge is 0.432 e. The van der Waals surface area contributed by atoms with Gasteiger partial charge >= 0.3 is 12.2 Å². The second-order valence-corrected chi connectivity index (χ2v) is 11.4. The molecule has 44 heavy (non-hydrogen) atoms. The van der Waals surface area contributed by atoms with Gasteiger partial charge in [-0.25, -0.2) is 13.2 Å². The molecule has 0 spiro atoms. The maximum atomic E-state index is 15.1. The summed E-state index contributed by atoms with van der Waals surface area (Å²) in [6.07, 6.45) is -9.64. The van der Waals surface area contributed by atoms with E-state index in [0.29, 0.717) is 50.9 Å². The number of hydrogen-bond donors (Lipinski definition) is 0. The van der Waals surface area contributed by atoms with Crippen LogP contribution in [0.25, 0.3) is 11.1 Å². The van der Waals surface area contributed by atoms with Crippen LogP contribution in [0.1, 0.15) is 45.4 Å². The maximum absolute atomic E-state index is 15.1. The van der Waals surface area contributed by atoms with Crippen molar-refractivity contribution < 1.29 is 63.2 Å². The van der Waals surface area contributed by atoms with E-state index < -0.39 is 76.3 Å². The van der Waals surface area contributed by atoms with Crippen molar-refractivity contribution in [3.63, 3.8) is 0 Å². The first-order valence-corrected chi connectivity index (χ1v) is 14.0. The Hall–Kier alpha value is -2.97. The van der Waals surface area contributed by atoms with Crippen LogP contribution in [0.2, 0.25) is 0 Å². The molecule has 3 heterocycles. The summed E-state index contributed by atoms with van der Waals surface area (Å²) in [6, 6.07) is 3.32. The molecule has 0 radical (unpaired) electrons. The Morgan fingerprint density at radius 2 is 1.45 bits per heavy atom. The van der Waals surface area contributed by atoms with E-state index in [1.807, 2.05) is 0 Å². The number of fused-ring (bicyclic) bond motifs is 3. The number of alkyl halides is 4. The molecule has 4 fully saturated rings. The lowest BCUT2D eigenvalue weighted by atomic mass is 9.77.